The van der Waals surface area contributed by atoms with Crippen molar-refractivity contribution in [2.24, 2.45) is 11.3 Å². The summed E-state index contributed by atoms with van der Waals surface area (Å²) in [5, 5.41) is 4.29. The number of H-pyrrole nitrogens is 1. The predicted molar refractivity (Wildman–Crippen MR) is 130 cm³/mol. The Morgan fingerprint density at radius 3 is 2.56 bits per heavy atom. The first kappa shape index (κ1) is 24.7. The van der Waals surface area contributed by atoms with Gasteiger partial charge >= 0.3 is 0 Å². The van der Waals surface area contributed by atoms with E-state index in [2.05, 4.69) is 52.8 Å². The highest BCUT2D eigenvalue weighted by Gasteiger charge is 2.31. The van der Waals surface area contributed by atoms with Crippen LogP contribution in [-0.4, -0.2) is 62.7 Å². The van der Waals surface area contributed by atoms with Gasteiger partial charge in [-0.15, -0.1) is 0 Å². The standard InChI is InChI=1S/C24H38N4O3S/c1-24(2,3)22(27-32(4,30)31)17-28-13-10-18(11-14-28)15-23(29)25-12-9-19-16-26-21-8-6-5-7-20(19)21/h5-8,16,18,22,26-27H,9-15,17H2,1-4H3,(H,25,29). The summed E-state index contributed by atoms with van der Waals surface area (Å²) in [5.41, 5.74) is 2.19. The maximum Gasteiger partial charge on any atom is 0.220 e. The van der Waals surface area contributed by atoms with E-state index >= 15 is 0 Å². The molecule has 0 bridgehead atoms. The number of carbonyl (C=O) groups excluding carboxylic acids is 1. The third-order valence-corrected chi connectivity index (χ3v) is 7.13. The Kier molecular flexibility index (Phi) is 8.01. The van der Waals surface area contributed by atoms with Crippen LogP contribution in [0.1, 0.15) is 45.6 Å². The molecule has 1 atom stereocenters. The minimum Gasteiger partial charge on any atom is -0.361 e. The number of amides is 1. The summed E-state index contributed by atoms with van der Waals surface area (Å²) in [5.74, 6) is 0.505. The van der Waals surface area contributed by atoms with Crippen LogP contribution in [0.15, 0.2) is 30.5 Å². The molecular weight excluding hydrogens is 424 g/mol. The van der Waals surface area contributed by atoms with Crippen LogP contribution in [-0.2, 0) is 21.2 Å². The van der Waals surface area contributed by atoms with Gasteiger partial charge in [-0.1, -0.05) is 39.0 Å². The number of carbonyl (C=O) groups is 1. The second kappa shape index (κ2) is 10.4. The number of aromatic nitrogens is 1. The molecule has 1 aromatic heterocycles. The van der Waals surface area contributed by atoms with Crippen LogP contribution in [0, 0.1) is 11.3 Å². The number of fused-ring (bicyclic) bond motifs is 1. The van der Waals surface area contributed by atoms with Gasteiger partial charge in [-0.05, 0) is 55.3 Å². The number of benzene rings is 1. The molecule has 8 heteroatoms. The van der Waals surface area contributed by atoms with Gasteiger partial charge in [-0.2, -0.15) is 0 Å². The van der Waals surface area contributed by atoms with Crippen LogP contribution in [0.4, 0.5) is 0 Å². The fourth-order valence-corrected chi connectivity index (χ4v) is 5.33. The number of aromatic amines is 1. The summed E-state index contributed by atoms with van der Waals surface area (Å²) in [6, 6.07) is 8.08. The predicted octanol–water partition coefficient (Wildman–Crippen LogP) is 2.89. The summed E-state index contributed by atoms with van der Waals surface area (Å²) in [6.45, 7) is 9.30. The van der Waals surface area contributed by atoms with Crippen LogP contribution in [0.5, 0.6) is 0 Å². The van der Waals surface area contributed by atoms with Gasteiger partial charge < -0.3 is 15.2 Å². The van der Waals surface area contributed by atoms with Gasteiger partial charge in [0.1, 0.15) is 0 Å². The molecule has 3 rings (SSSR count). The minimum absolute atomic E-state index is 0.120. The average molecular weight is 463 g/mol. The molecule has 2 heterocycles. The second-order valence-corrected chi connectivity index (χ2v) is 12.0. The molecule has 3 N–H and O–H groups in total. The van der Waals surface area contributed by atoms with Crippen LogP contribution in [0.25, 0.3) is 10.9 Å². The van der Waals surface area contributed by atoms with Crippen molar-refractivity contribution in [3.8, 4) is 0 Å². The molecule has 0 radical (unpaired) electrons. The Labute approximate surface area is 192 Å². The Morgan fingerprint density at radius 2 is 1.91 bits per heavy atom. The number of nitrogens with one attached hydrogen (secondary N) is 3. The summed E-state index contributed by atoms with van der Waals surface area (Å²) in [7, 11) is -3.25. The van der Waals surface area contributed by atoms with Crippen molar-refractivity contribution >= 4 is 26.8 Å². The number of hydrogen-bond donors (Lipinski definition) is 3. The van der Waals surface area contributed by atoms with Gasteiger partial charge in [-0.25, -0.2) is 13.1 Å². The lowest BCUT2D eigenvalue weighted by Crippen LogP contribution is -2.51. The number of sulfonamides is 1. The Balaban J connectivity index is 1.40. The van der Waals surface area contributed by atoms with E-state index in [1.807, 2.05) is 18.3 Å². The van der Waals surface area contributed by atoms with E-state index in [1.54, 1.807) is 0 Å². The highest BCUT2D eigenvalue weighted by Crippen LogP contribution is 2.25. The third-order valence-electron chi connectivity index (χ3n) is 6.42. The number of likely N-dealkylation sites (tertiary alicyclic amines) is 1. The van der Waals surface area contributed by atoms with Crippen LogP contribution in [0.3, 0.4) is 0 Å². The maximum atomic E-state index is 12.4. The highest BCUT2D eigenvalue weighted by atomic mass is 32.2. The van der Waals surface area contributed by atoms with Crippen molar-refractivity contribution in [1.29, 1.82) is 0 Å². The number of para-hydroxylation sites is 1. The molecule has 1 unspecified atom stereocenters. The molecule has 1 amide bonds. The molecule has 0 spiro atoms. The lowest BCUT2D eigenvalue weighted by molar-refractivity contribution is -0.122. The zero-order chi connectivity index (χ0) is 23.4. The molecule has 0 aliphatic carbocycles. The van der Waals surface area contributed by atoms with E-state index in [0.29, 0.717) is 25.4 Å². The molecule has 1 fully saturated rings. The molecule has 1 aliphatic rings. The topological polar surface area (TPSA) is 94.3 Å². The van der Waals surface area contributed by atoms with Crippen molar-refractivity contribution in [2.45, 2.75) is 52.5 Å². The monoisotopic (exact) mass is 462 g/mol. The number of piperidine rings is 1. The first-order valence-electron chi connectivity index (χ1n) is 11.5. The van der Waals surface area contributed by atoms with Crippen molar-refractivity contribution < 1.29 is 13.2 Å². The third kappa shape index (κ3) is 7.32. The van der Waals surface area contributed by atoms with Gasteiger partial charge in [-0.3, -0.25) is 4.79 Å². The van der Waals surface area contributed by atoms with Gasteiger partial charge in [0, 0.05) is 42.7 Å². The average Bonchev–Trinajstić information content (AvgIpc) is 3.10. The lowest BCUT2D eigenvalue weighted by atomic mass is 9.86. The first-order valence-corrected chi connectivity index (χ1v) is 13.4. The summed E-state index contributed by atoms with van der Waals surface area (Å²) < 4.78 is 26.3. The second-order valence-electron chi connectivity index (χ2n) is 10.2. The van der Waals surface area contributed by atoms with Crippen molar-refractivity contribution in [2.75, 3.05) is 32.4 Å². The molecule has 2 aromatic rings. The number of nitrogens with zero attached hydrogens (tertiary/aromatic N) is 1. The molecule has 178 valence electrons. The molecule has 0 saturated carbocycles. The van der Waals surface area contributed by atoms with Crippen LogP contribution in [0.2, 0.25) is 0 Å². The molecule has 7 nitrogen and oxygen atoms in total. The molecule has 1 aromatic carbocycles. The quantitative estimate of drug-likeness (QED) is 0.534. The van der Waals surface area contributed by atoms with Crippen LogP contribution < -0.4 is 10.0 Å². The van der Waals surface area contributed by atoms with Gasteiger partial charge in [0.25, 0.3) is 0 Å². The van der Waals surface area contributed by atoms with E-state index in [0.717, 1.165) is 37.9 Å². The molecular formula is C24H38N4O3S. The van der Waals surface area contributed by atoms with Gasteiger partial charge in [0.2, 0.25) is 15.9 Å². The first-order chi connectivity index (χ1) is 15.0. The zero-order valence-corrected chi connectivity index (χ0v) is 20.6. The number of hydrogen-bond acceptors (Lipinski definition) is 4. The molecule has 1 saturated heterocycles. The van der Waals surface area contributed by atoms with Gasteiger partial charge in [0.05, 0.1) is 6.26 Å². The Morgan fingerprint density at radius 1 is 1.22 bits per heavy atom. The van der Waals surface area contributed by atoms with Crippen molar-refractivity contribution in [1.82, 2.24) is 19.9 Å². The summed E-state index contributed by atoms with van der Waals surface area (Å²) >= 11 is 0. The summed E-state index contributed by atoms with van der Waals surface area (Å²) in [6.07, 6.45) is 6.55. The van der Waals surface area contributed by atoms with E-state index in [4.69, 9.17) is 0 Å². The fourth-order valence-electron chi connectivity index (χ4n) is 4.39. The van der Waals surface area contributed by atoms with E-state index < -0.39 is 10.0 Å². The highest BCUT2D eigenvalue weighted by molar-refractivity contribution is 7.88. The van der Waals surface area contributed by atoms with E-state index in [1.165, 1.54) is 17.2 Å². The molecule has 32 heavy (non-hydrogen) atoms. The zero-order valence-electron chi connectivity index (χ0n) is 19.8. The SMILES string of the molecule is CC(C)(C)C(CN1CCC(CC(=O)NCCc2c[nH]c3ccccc23)CC1)NS(C)(=O)=O. The van der Waals surface area contributed by atoms with Crippen LogP contribution >= 0.6 is 0 Å². The lowest BCUT2D eigenvalue weighted by Gasteiger charge is -2.38. The fraction of sp³-hybridized carbons (Fsp3) is 0.625. The minimum atomic E-state index is -3.25. The largest absolute Gasteiger partial charge is 0.361 e. The Bertz CT molecular complexity index is 1000. The number of rotatable bonds is 9. The van der Waals surface area contributed by atoms with Gasteiger partial charge in [0.15, 0.2) is 0 Å². The van der Waals surface area contributed by atoms with Crippen molar-refractivity contribution in [3.63, 3.8) is 0 Å². The smallest absolute Gasteiger partial charge is 0.220 e. The van der Waals surface area contributed by atoms with E-state index in [-0.39, 0.29) is 17.4 Å². The summed E-state index contributed by atoms with van der Waals surface area (Å²) in [4.78, 5) is 18.0. The van der Waals surface area contributed by atoms with Crippen molar-refractivity contribution in [3.05, 3.63) is 36.0 Å². The molecule has 1 aliphatic heterocycles. The normalized spacial score (nSPS) is 17.5. The van der Waals surface area contributed by atoms with E-state index in [9.17, 15) is 13.2 Å². The maximum absolute atomic E-state index is 12.4. The Hall–Kier alpha value is -1.90.